The molecule has 0 saturated heterocycles. The highest BCUT2D eigenvalue weighted by atomic mass is 16.5. The van der Waals surface area contributed by atoms with E-state index >= 15 is 0 Å². The molecule has 4 heteroatoms. The van der Waals surface area contributed by atoms with Crippen molar-refractivity contribution in [3.8, 4) is 0 Å². The van der Waals surface area contributed by atoms with Crippen molar-refractivity contribution in [2.75, 3.05) is 7.11 Å². The molecule has 2 atom stereocenters. The topological polar surface area (TPSA) is 47.0 Å². The van der Waals surface area contributed by atoms with Gasteiger partial charge in [0.2, 0.25) is 0 Å². The maximum atomic E-state index is 10.2. The monoisotopic (exact) mass is 212 g/mol. The van der Waals surface area contributed by atoms with Crippen LogP contribution in [0.1, 0.15) is 26.2 Å². The van der Waals surface area contributed by atoms with E-state index in [1.165, 1.54) is 25.3 Å². The SMILES string of the molecule is COC1CCCC1C.Cn1ccc(=O)[nH]1. The number of hydrogen-bond acceptors (Lipinski definition) is 2. The summed E-state index contributed by atoms with van der Waals surface area (Å²) in [6, 6.07) is 1.47. The fourth-order valence-electron chi connectivity index (χ4n) is 1.89. The Hall–Kier alpha value is -1.03. The number of rotatable bonds is 1. The zero-order valence-electron chi connectivity index (χ0n) is 9.69. The Balaban J connectivity index is 0.000000151. The quantitative estimate of drug-likeness (QED) is 0.767. The van der Waals surface area contributed by atoms with E-state index in [-0.39, 0.29) is 5.56 Å². The van der Waals surface area contributed by atoms with Gasteiger partial charge in [-0.3, -0.25) is 14.6 Å². The normalized spacial score (nSPS) is 24.7. The lowest BCUT2D eigenvalue weighted by molar-refractivity contribution is 0.0775. The molecule has 2 unspecified atom stereocenters. The Morgan fingerprint density at radius 3 is 2.47 bits per heavy atom. The summed E-state index contributed by atoms with van der Waals surface area (Å²) >= 11 is 0. The van der Waals surface area contributed by atoms with Crippen LogP contribution >= 0.6 is 0 Å². The fraction of sp³-hybridized carbons (Fsp3) is 0.727. The second-order valence-electron chi connectivity index (χ2n) is 4.09. The molecule has 0 amide bonds. The molecule has 0 radical (unpaired) electrons. The van der Waals surface area contributed by atoms with E-state index in [9.17, 15) is 4.79 Å². The average Bonchev–Trinajstić information content (AvgIpc) is 2.76. The van der Waals surface area contributed by atoms with Crippen LogP contribution in [0.5, 0.6) is 0 Å². The van der Waals surface area contributed by atoms with Crippen molar-refractivity contribution in [2.45, 2.75) is 32.3 Å². The molecular weight excluding hydrogens is 192 g/mol. The third-order valence-corrected chi connectivity index (χ3v) is 2.82. The standard InChI is InChI=1S/C7H14O.C4H6N2O/c1-6-4-3-5-7(6)8-2;1-6-3-2-4(7)5-6/h6-7H,3-5H2,1-2H3;2-3H,1H3,(H,5,7). The minimum absolute atomic E-state index is 0.0532. The molecule has 4 nitrogen and oxygen atoms in total. The lowest BCUT2D eigenvalue weighted by Crippen LogP contribution is -2.12. The van der Waals surface area contributed by atoms with Gasteiger partial charge in [0, 0.05) is 26.4 Å². The highest BCUT2D eigenvalue weighted by Crippen LogP contribution is 2.26. The van der Waals surface area contributed by atoms with Crippen molar-refractivity contribution in [3.05, 3.63) is 22.6 Å². The number of aryl methyl sites for hydroxylation is 1. The van der Waals surface area contributed by atoms with E-state index in [4.69, 9.17) is 4.74 Å². The van der Waals surface area contributed by atoms with E-state index in [1.54, 1.807) is 17.9 Å². The van der Waals surface area contributed by atoms with Crippen molar-refractivity contribution in [1.29, 1.82) is 0 Å². The third-order valence-electron chi connectivity index (χ3n) is 2.82. The first-order valence-electron chi connectivity index (χ1n) is 5.38. The van der Waals surface area contributed by atoms with E-state index in [1.807, 2.05) is 7.11 Å². The molecule has 1 N–H and O–H groups in total. The molecule has 1 aromatic heterocycles. The minimum atomic E-state index is -0.0532. The molecule has 1 aliphatic carbocycles. The van der Waals surface area contributed by atoms with Crippen LogP contribution in [0.15, 0.2) is 17.1 Å². The van der Waals surface area contributed by atoms with Crippen LogP contribution in [0, 0.1) is 5.92 Å². The van der Waals surface area contributed by atoms with Crippen molar-refractivity contribution < 1.29 is 4.74 Å². The van der Waals surface area contributed by atoms with Crippen molar-refractivity contribution in [1.82, 2.24) is 9.78 Å². The van der Waals surface area contributed by atoms with Gasteiger partial charge in [-0.1, -0.05) is 13.3 Å². The van der Waals surface area contributed by atoms with Crippen molar-refractivity contribution in [2.24, 2.45) is 13.0 Å². The van der Waals surface area contributed by atoms with Gasteiger partial charge in [0.25, 0.3) is 5.56 Å². The van der Waals surface area contributed by atoms with Gasteiger partial charge in [-0.05, 0) is 18.8 Å². The van der Waals surface area contributed by atoms with Crippen LogP contribution in [0.4, 0.5) is 0 Å². The highest BCUT2D eigenvalue weighted by Gasteiger charge is 2.21. The summed E-state index contributed by atoms with van der Waals surface area (Å²) in [5.41, 5.74) is -0.0532. The fourth-order valence-corrected chi connectivity index (χ4v) is 1.89. The van der Waals surface area contributed by atoms with Crippen LogP contribution in [0.25, 0.3) is 0 Å². The molecular formula is C11H20N2O2. The Kier molecular flexibility index (Phi) is 4.62. The van der Waals surface area contributed by atoms with Gasteiger partial charge in [0.05, 0.1) is 6.10 Å². The van der Waals surface area contributed by atoms with Gasteiger partial charge in [0.15, 0.2) is 0 Å². The Morgan fingerprint density at radius 2 is 2.27 bits per heavy atom. The molecule has 86 valence electrons. The van der Waals surface area contributed by atoms with Crippen LogP contribution in [0.3, 0.4) is 0 Å². The smallest absolute Gasteiger partial charge is 0.264 e. The van der Waals surface area contributed by atoms with Gasteiger partial charge < -0.3 is 4.74 Å². The first-order valence-corrected chi connectivity index (χ1v) is 5.38. The first-order chi connectivity index (χ1) is 7.13. The maximum Gasteiger partial charge on any atom is 0.264 e. The molecule has 2 rings (SSSR count). The predicted octanol–water partition coefficient (Wildman–Crippen LogP) is 1.53. The van der Waals surface area contributed by atoms with Crippen LogP contribution < -0.4 is 5.56 Å². The zero-order valence-corrected chi connectivity index (χ0v) is 9.69. The van der Waals surface area contributed by atoms with Gasteiger partial charge in [-0.15, -0.1) is 0 Å². The Morgan fingerprint density at radius 1 is 1.53 bits per heavy atom. The lowest BCUT2D eigenvalue weighted by atomic mass is 10.1. The molecule has 1 saturated carbocycles. The predicted molar refractivity (Wildman–Crippen MR) is 59.8 cm³/mol. The largest absolute Gasteiger partial charge is 0.381 e. The molecule has 0 aliphatic heterocycles. The minimum Gasteiger partial charge on any atom is -0.381 e. The molecule has 0 spiro atoms. The van der Waals surface area contributed by atoms with Crippen LogP contribution in [0.2, 0.25) is 0 Å². The number of H-pyrrole nitrogens is 1. The maximum absolute atomic E-state index is 10.2. The number of methoxy groups -OCH3 is 1. The Bertz CT molecular complexity index is 329. The second-order valence-corrected chi connectivity index (χ2v) is 4.09. The summed E-state index contributed by atoms with van der Waals surface area (Å²) in [6.45, 7) is 2.27. The molecule has 0 bridgehead atoms. The highest BCUT2D eigenvalue weighted by molar-refractivity contribution is 4.77. The molecule has 0 aromatic carbocycles. The number of hydrogen-bond donors (Lipinski definition) is 1. The van der Waals surface area contributed by atoms with E-state index in [0.717, 1.165) is 5.92 Å². The van der Waals surface area contributed by atoms with Gasteiger partial charge in [-0.25, -0.2) is 0 Å². The Labute approximate surface area is 90.2 Å². The van der Waals surface area contributed by atoms with E-state index in [0.29, 0.717) is 6.10 Å². The number of ether oxygens (including phenoxy) is 1. The number of aromatic amines is 1. The summed E-state index contributed by atoms with van der Waals surface area (Å²) in [7, 11) is 3.58. The van der Waals surface area contributed by atoms with E-state index in [2.05, 4.69) is 12.0 Å². The molecule has 1 aromatic rings. The lowest BCUT2D eigenvalue weighted by Gasteiger charge is -2.11. The molecule has 1 aliphatic rings. The third kappa shape index (κ3) is 3.91. The number of nitrogens with zero attached hydrogens (tertiary/aromatic N) is 1. The molecule has 1 heterocycles. The first kappa shape index (κ1) is 12.0. The molecule has 1 fully saturated rings. The molecule has 15 heavy (non-hydrogen) atoms. The average molecular weight is 212 g/mol. The summed E-state index contributed by atoms with van der Waals surface area (Å²) < 4.78 is 6.82. The van der Waals surface area contributed by atoms with Crippen molar-refractivity contribution >= 4 is 0 Å². The van der Waals surface area contributed by atoms with Gasteiger partial charge in [-0.2, -0.15) is 0 Å². The number of aromatic nitrogens is 2. The van der Waals surface area contributed by atoms with Crippen molar-refractivity contribution in [3.63, 3.8) is 0 Å². The van der Waals surface area contributed by atoms with Crippen LogP contribution in [-0.4, -0.2) is 23.0 Å². The van der Waals surface area contributed by atoms with Gasteiger partial charge >= 0.3 is 0 Å². The van der Waals surface area contributed by atoms with E-state index < -0.39 is 0 Å². The summed E-state index contributed by atoms with van der Waals surface area (Å²) in [4.78, 5) is 10.2. The van der Waals surface area contributed by atoms with Crippen LogP contribution in [-0.2, 0) is 11.8 Å². The number of nitrogens with one attached hydrogen (secondary N) is 1. The zero-order chi connectivity index (χ0) is 11.3. The summed E-state index contributed by atoms with van der Waals surface area (Å²) in [6.07, 6.45) is 6.23. The summed E-state index contributed by atoms with van der Waals surface area (Å²) in [5, 5.41) is 2.50. The second kappa shape index (κ2) is 5.75. The van der Waals surface area contributed by atoms with Gasteiger partial charge in [0.1, 0.15) is 0 Å². The summed E-state index contributed by atoms with van der Waals surface area (Å²) in [5.74, 6) is 0.806.